The zero-order chi connectivity index (χ0) is 13.1. The van der Waals surface area contributed by atoms with Crippen molar-refractivity contribution in [1.29, 1.82) is 0 Å². The molecule has 0 saturated carbocycles. The summed E-state index contributed by atoms with van der Waals surface area (Å²) < 4.78 is 16.7. The minimum Gasteiger partial charge on any atom is -0.486 e. The highest BCUT2D eigenvalue weighted by Gasteiger charge is 2.17. The second-order valence-electron chi connectivity index (χ2n) is 4.84. The van der Waals surface area contributed by atoms with Gasteiger partial charge >= 0.3 is 0 Å². The van der Waals surface area contributed by atoms with E-state index in [1.807, 2.05) is 23.9 Å². The van der Waals surface area contributed by atoms with Crippen LogP contribution in [0.2, 0.25) is 0 Å². The van der Waals surface area contributed by atoms with Crippen LogP contribution in [0.4, 0.5) is 5.69 Å². The molecule has 1 saturated heterocycles. The van der Waals surface area contributed by atoms with Crippen LogP contribution in [0.1, 0.15) is 18.4 Å². The first kappa shape index (κ1) is 12.9. The van der Waals surface area contributed by atoms with Crippen molar-refractivity contribution in [3.8, 4) is 11.5 Å². The van der Waals surface area contributed by atoms with Crippen LogP contribution in [0.25, 0.3) is 0 Å². The van der Waals surface area contributed by atoms with Gasteiger partial charge in [-0.15, -0.1) is 0 Å². The van der Waals surface area contributed by atoms with Crippen LogP contribution in [-0.4, -0.2) is 31.7 Å². The maximum atomic E-state index is 6.06. The molecule has 2 heterocycles. The van der Waals surface area contributed by atoms with E-state index in [0.717, 1.165) is 40.9 Å². The van der Waals surface area contributed by atoms with Gasteiger partial charge in [-0.2, -0.15) is 11.8 Å². The van der Waals surface area contributed by atoms with Crippen LogP contribution in [-0.2, 0) is 10.5 Å². The quantitative estimate of drug-likeness (QED) is 0.859. The van der Waals surface area contributed by atoms with E-state index in [1.165, 1.54) is 12.8 Å². The van der Waals surface area contributed by atoms with Crippen molar-refractivity contribution in [3.63, 3.8) is 0 Å². The Balaban J connectivity index is 1.60. The molecule has 0 aliphatic carbocycles. The smallest absolute Gasteiger partial charge is 0.163 e. The number of fused-ring (bicyclic) bond motifs is 1. The predicted octanol–water partition coefficient (Wildman–Crippen LogP) is 2.45. The van der Waals surface area contributed by atoms with Crippen LogP contribution in [0.3, 0.4) is 0 Å². The molecule has 1 fully saturated rings. The molecule has 104 valence electrons. The van der Waals surface area contributed by atoms with Crippen molar-refractivity contribution in [2.75, 3.05) is 31.3 Å². The normalized spacial score (nSPS) is 21.6. The first-order chi connectivity index (χ1) is 9.33. The van der Waals surface area contributed by atoms with Crippen LogP contribution in [0.15, 0.2) is 12.1 Å². The predicted molar refractivity (Wildman–Crippen MR) is 77.0 cm³/mol. The molecule has 0 aromatic heterocycles. The van der Waals surface area contributed by atoms with Crippen molar-refractivity contribution in [2.45, 2.75) is 24.7 Å². The number of anilines is 1. The van der Waals surface area contributed by atoms with Crippen LogP contribution >= 0.6 is 11.8 Å². The standard InChI is InChI=1S/C14H19NO3S/c15-12-7-14-13(17-4-5-18-14)6-10(12)8-19-9-11-2-1-3-16-11/h6-7,11H,1-5,8-9,15H2. The van der Waals surface area contributed by atoms with E-state index < -0.39 is 0 Å². The van der Waals surface area contributed by atoms with E-state index in [-0.39, 0.29) is 0 Å². The average molecular weight is 281 g/mol. The summed E-state index contributed by atoms with van der Waals surface area (Å²) in [5.74, 6) is 3.50. The highest BCUT2D eigenvalue weighted by molar-refractivity contribution is 7.98. The van der Waals surface area contributed by atoms with Gasteiger partial charge in [0.05, 0.1) is 6.10 Å². The SMILES string of the molecule is Nc1cc2c(cc1CSCC1CCCO1)OCCO2. The highest BCUT2D eigenvalue weighted by Crippen LogP contribution is 2.36. The first-order valence-electron chi connectivity index (χ1n) is 6.70. The molecule has 2 N–H and O–H groups in total. The zero-order valence-electron chi connectivity index (χ0n) is 10.9. The van der Waals surface area contributed by atoms with E-state index in [0.29, 0.717) is 19.3 Å². The maximum Gasteiger partial charge on any atom is 0.163 e. The summed E-state index contributed by atoms with van der Waals surface area (Å²) in [6.45, 7) is 2.12. The monoisotopic (exact) mass is 281 g/mol. The largest absolute Gasteiger partial charge is 0.486 e. The molecule has 1 aromatic carbocycles. The van der Waals surface area contributed by atoms with Gasteiger partial charge in [-0.05, 0) is 24.5 Å². The molecule has 19 heavy (non-hydrogen) atoms. The van der Waals surface area contributed by atoms with Gasteiger partial charge in [0.15, 0.2) is 11.5 Å². The maximum absolute atomic E-state index is 6.06. The van der Waals surface area contributed by atoms with Crippen molar-refractivity contribution in [3.05, 3.63) is 17.7 Å². The zero-order valence-corrected chi connectivity index (χ0v) is 11.7. The molecule has 0 bridgehead atoms. The van der Waals surface area contributed by atoms with Gasteiger partial charge in [-0.25, -0.2) is 0 Å². The number of hydrogen-bond donors (Lipinski definition) is 1. The van der Waals surface area contributed by atoms with E-state index in [9.17, 15) is 0 Å². The van der Waals surface area contributed by atoms with E-state index >= 15 is 0 Å². The van der Waals surface area contributed by atoms with Crippen LogP contribution in [0, 0.1) is 0 Å². The van der Waals surface area contributed by atoms with Crippen molar-refractivity contribution >= 4 is 17.4 Å². The number of nitrogen functional groups attached to an aromatic ring is 1. The van der Waals surface area contributed by atoms with E-state index in [4.69, 9.17) is 19.9 Å². The summed E-state index contributed by atoms with van der Waals surface area (Å²) in [6.07, 6.45) is 2.80. The first-order valence-corrected chi connectivity index (χ1v) is 7.86. The lowest BCUT2D eigenvalue weighted by molar-refractivity contribution is 0.129. The second kappa shape index (κ2) is 5.92. The van der Waals surface area contributed by atoms with Gasteiger partial charge in [0.1, 0.15) is 13.2 Å². The van der Waals surface area contributed by atoms with Gasteiger partial charge in [0.2, 0.25) is 0 Å². The highest BCUT2D eigenvalue weighted by atomic mass is 32.2. The molecule has 2 aliphatic rings. The molecule has 5 heteroatoms. The Morgan fingerprint density at radius 3 is 2.68 bits per heavy atom. The fraction of sp³-hybridized carbons (Fsp3) is 0.571. The third kappa shape index (κ3) is 3.09. The summed E-state index contributed by atoms with van der Waals surface area (Å²) in [5, 5.41) is 0. The number of rotatable bonds is 4. The molecule has 1 unspecified atom stereocenters. The molecule has 4 nitrogen and oxygen atoms in total. The second-order valence-corrected chi connectivity index (χ2v) is 5.88. The van der Waals surface area contributed by atoms with E-state index in [1.54, 1.807) is 0 Å². The summed E-state index contributed by atoms with van der Waals surface area (Å²) >= 11 is 1.87. The fourth-order valence-electron chi connectivity index (χ4n) is 2.35. The molecule has 0 amide bonds. The molecular weight excluding hydrogens is 262 g/mol. The summed E-state index contributed by atoms with van der Waals surface area (Å²) in [4.78, 5) is 0. The number of hydrogen-bond acceptors (Lipinski definition) is 5. The third-order valence-electron chi connectivity index (χ3n) is 3.39. The summed E-state index contributed by atoms with van der Waals surface area (Å²) in [6, 6.07) is 3.88. The Hall–Kier alpha value is -1.07. The lowest BCUT2D eigenvalue weighted by Gasteiger charge is -2.20. The van der Waals surface area contributed by atoms with E-state index in [2.05, 4.69) is 0 Å². The number of nitrogens with two attached hydrogens (primary N) is 1. The van der Waals surface area contributed by atoms with Crippen LogP contribution < -0.4 is 15.2 Å². The van der Waals surface area contributed by atoms with Gasteiger partial charge in [0.25, 0.3) is 0 Å². The van der Waals surface area contributed by atoms with Crippen molar-refractivity contribution in [2.24, 2.45) is 0 Å². The van der Waals surface area contributed by atoms with Gasteiger partial charge in [0, 0.05) is 29.9 Å². The molecule has 1 atom stereocenters. The third-order valence-corrected chi connectivity index (χ3v) is 4.51. The van der Waals surface area contributed by atoms with Crippen molar-refractivity contribution in [1.82, 2.24) is 0 Å². The van der Waals surface area contributed by atoms with Gasteiger partial charge in [-0.1, -0.05) is 0 Å². The number of thioether (sulfide) groups is 1. The van der Waals surface area contributed by atoms with Crippen molar-refractivity contribution < 1.29 is 14.2 Å². The Labute approximate surface area is 117 Å². The Morgan fingerprint density at radius 2 is 1.95 bits per heavy atom. The molecule has 1 aromatic rings. The lowest BCUT2D eigenvalue weighted by Crippen LogP contribution is -2.16. The molecule has 0 radical (unpaired) electrons. The average Bonchev–Trinajstić information content (AvgIpc) is 2.92. The summed E-state index contributed by atoms with van der Waals surface area (Å²) in [7, 11) is 0. The minimum absolute atomic E-state index is 0.420. The molecular formula is C14H19NO3S. The number of ether oxygens (including phenoxy) is 3. The van der Waals surface area contributed by atoms with Crippen LogP contribution in [0.5, 0.6) is 11.5 Å². The fourth-order valence-corrected chi connectivity index (χ4v) is 3.46. The Kier molecular flexibility index (Phi) is 4.03. The number of benzene rings is 1. The molecule has 0 spiro atoms. The molecule has 2 aliphatic heterocycles. The summed E-state index contributed by atoms with van der Waals surface area (Å²) in [5.41, 5.74) is 7.96. The Morgan fingerprint density at radius 1 is 1.16 bits per heavy atom. The minimum atomic E-state index is 0.420. The van der Waals surface area contributed by atoms with Gasteiger partial charge < -0.3 is 19.9 Å². The molecule has 3 rings (SSSR count). The lowest BCUT2D eigenvalue weighted by atomic mass is 10.2. The Bertz CT molecular complexity index is 447. The topological polar surface area (TPSA) is 53.7 Å². The van der Waals surface area contributed by atoms with Gasteiger partial charge in [-0.3, -0.25) is 0 Å².